The van der Waals surface area contributed by atoms with Crippen molar-refractivity contribution in [3.8, 4) is 0 Å². The number of unbranched alkanes of at least 4 members (excludes halogenated alkanes) is 4. The second-order valence-electron chi connectivity index (χ2n) is 6.03. The minimum Gasteiger partial charge on any atom is -0.467 e. The summed E-state index contributed by atoms with van der Waals surface area (Å²) < 4.78 is 4.75. The van der Waals surface area contributed by atoms with Crippen LogP contribution in [-0.2, 0) is 20.7 Å². The van der Waals surface area contributed by atoms with Gasteiger partial charge in [0.05, 0.1) is 18.5 Å². The summed E-state index contributed by atoms with van der Waals surface area (Å²) in [6, 6.07) is 5.18. The molecule has 0 unspecified atom stereocenters. The van der Waals surface area contributed by atoms with E-state index in [1.165, 1.54) is 25.3 Å². The lowest BCUT2D eigenvalue weighted by molar-refractivity contribution is -0.384. The molecule has 0 radical (unpaired) electrons. The van der Waals surface area contributed by atoms with Crippen LogP contribution in [0.5, 0.6) is 0 Å². The summed E-state index contributed by atoms with van der Waals surface area (Å²) in [5, 5.41) is 13.5. The van der Waals surface area contributed by atoms with Crippen LogP contribution in [0.3, 0.4) is 0 Å². The van der Waals surface area contributed by atoms with Gasteiger partial charge < -0.3 is 10.1 Å². The lowest BCUT2D eigenvalue weighted by Crippen LogP contribution is -2.42. The molecule has 1 amide bonds. The number of rotatable bonds is 12. The van der Waals surface area contributed by atoms with Crippen LogP contribution in [0, 0.1) is 10.1 Å². The summed E-state index contributed by atoms with van der Waals surface area (Å²) in [6.45, 7) is 3.68. The van der Waals surface area contributed by atoms with Gasteiger partial charge >= 0.3 is 5.97 Å². The van der Waals surface area contributed by atoms with Crippen molar-refractivity contribution in [2.75, 3.05) is 7.11 Å². The average Bonchev–Trinajstić information content (AvgIpc) is 2.63. The van der Waals surface area contributed by atoms with Gasteiger partial charge in [0.1, 0.15) is 6.04 Å². The molecular weight excluding hydrogens is 336 g/mol. The molecular formula is C19H26N2O5. The molecule has 1 atom stereocenters. The number of methoxy groups -OCH3 is 1. The smallest absolute Gasteiger partial charge is 0.328 e. The predicted octanol–water partition coefficient (Wildman–Crippen LogP) is 3.32. The number of hydrogen-bond donors (Lipinski definition) is 1. The minimum atomic E-state index is -0.703. The molecule has 1 aromatic carbocycles. The Labute approximate surface area is 153 Å². The van der Waals surface area contributed by atoms with Crippen molar-refractivity contribution >= 4 is 17.6 Å². The van der Waals surface area contributed by atoms with Crippen LogP contribution in [0.25, 0.3) is 0 Å². The largest absolute Gasteiger partial charge is 0.467 e. The van der Waals surface area contributed by atoms with Gasteiger partial charge in [0.25, 0.3) is 5.69 Å². The summed E-state index contributed by atoms with van der Waals surface area (Å²) in [5.74, 6) is -0.851. The van der Waals surface area contributed by atoms with Crippen molar-refractivity contribution in [1.82, 2.24) is 5.32 Å². The van der Waals surface area contributed by atoms with Crippen molar-refractivity contribution in [3.05, 3.63) is 52.6 Å². The number of nitro benzene ring substituents is 1. The average molecular weight is 362 g/mol. The van der Waals surface area contributed by atoms with Gasteiger partial charge in [-0.2, -0.15) is 0 Å². The number of esters is 1. The standard InChI is InChI=1S/C19H26N2O5/c1-3-4-5-6-7-8-12-17(19(23)26-2)20-18(22)14-15-10-9-11-16(13-15)21(24)25/h3,9-11,13,17H,1,4-8,12,14H2,2H3,(H,20,22)/t17-/m1/s1. The number of nitrogens with zero attached hydrogens (tertiary/aromatic N) is 1. The summed E-state index contributed by atoms with van der Waals surface area (Å²) in [5.41, 5.74) is 0.448. The second-order valence-corrected chi connectivity index (χ2v) is 6.03. The Morgan fingerprint density at radius 2 is 2.04 bits per heavy atom. The number of hydrogen-bond acceptors (Lipinski definition) is 5. The number of amides is 1. The van der Waals surface area contributed by atoms with Gasteiger partial charge in [-0.25, -0.2) is 4.79 Å². The highest BCUT2D eigenvalue weighted by Crippen LogP contribution is 2.14. The molecule has 26 heavy (non-hydrogen) atoms. The summed E-state index contributed by atoms with van der Waals surface area (Å²) in [6.07, 6.45) is 7.19. The maximum absolute atomic E-state index is 12.2. The van der Waals surface area contributed by atoms with Crippen LogP contribution in [0.4, 0.5) is 5.69 Å². The first-order valence-corrected chi connectivity index (χ1v) is 8.69. The van der Waals surface area contributed by atoms with Crippen molar-refractivity contribution in [3.63, 3.8) is 0 Å². The summed E-state index contributed by atoms with van der Waals surface area (Å²) in [4.78, 5) is 34.4. The van der Waals surface area contributed by atoms with Crippen molar-refractivity contribution in [1.29, 1.82) is 0 Å². The van der Waals surface area contributed by atoms with Gasteiger partial charge in [0.2, 0.25) is 5.91 Å². The number of carbonyl (C=O) groups excluding carboxylic acids is 2. The van der Waals surface area contributed by atoms with Crippen molar-refractivity contribution in [2.45, 2.75) is 51.0 Å². The zero-order valence-corrected chi connectivity index (χ0v) is 15.1. The van der Waals surface area contributed by atoms with Gasteiger partial charge in [-0.3, -0.25) is 14.9 Å². The molecule has 0 saturated carbocycles. The third kappa shape index (κ3) is 7.92. The molecule has 0 aromatic heterocycles. The van der Waals surface area contributed by atoms with Gasteiger partial charge in [-0.1, -0.05) is 37.5 Å². The summed E-state index contributed by atoms with van der Waals surface area (Å²) in [7, 11) is 1.28. The molecule has 142 valence electrons. The summed E-state index contributed by atoms with van der Waals surface area (Å²) >= 11 is 0. The number of non-ortho nitro benzene ring substituents is 1. The fourth-order valence-corrected chi connectivity index (χ4v) is 2.59. The van der Waals surface area contributed by atoms with E-state index < -0.39 is 16.9 Å². The van der Waals surface area contributed by atoms with E-state index in [2.05, 4.69) is 11.9 Å². The van der Waals surface area contributed by atoms with E-state index in [1.807, 2.05) is 6.08 Å². The number of allylic oxidation sites excluding steroid dienone is 1. The Morgan fingerprint density at radius 1 is 1.31 bits per heavy atom. The fourth-order valence-electron chi connectivity index (χ4n) is 2.59. The highest BCUT2D eigenvalue weighted by Gasteiger charge is 2.21. The molecule has 1 N–H and O–H groups in total. The third-order valence-corrected chi connectivity index (χ3v) is 3.96. The molecule has 1 aromatic rings. The maximum atomic E-state index is 12.2. The zero-order valence-electron chi connectivity index (χ0n) is 15.1. The number of ether oxygens (including phenoxy) is 1. The highest BCUT2D eigenvalue weighted by atomic mass is 16.6. The lowest BCUT2D eigenvalue weighted by Gasteiger charge is -2.16. The number of benzene rings is 1. The van der Waals surface area contributed by atoms with Gasteiger partial charge in [0.15, 0.2) is 0 Å². The van der Waals surface area contributed by atoms with E-state index in [4.69, 9.17) is 4.74 Å². The van der Waals surface area contributed by atoms with Gasteiger partial charge in [0, 0.05) is 12.1 Å². The quantitative estimate of drug-likeness (QED) is 0.202. The van der Waals surface area contributed by atoms with Crippen LogP contribution in [0.15, 0.2) is 36.9 Å². The van der Waals surface area contributed by atoms with E-state index in [0.29, 0.717) is 12.0 Å². The number of nitrogens with one attached hydrogen (secondary N) is 1. The molecule has 0 heterocycles. The van der Waals surface area contributed by atoms with Crippen LogP contribution in [0.1, 0.15) is 44.1 Å². The fraction of sp³-hybridized carbons (Fsp3) is 0.474. The Hall–Kier alpha value is -2.70. The maximum Gasteiger partial charge on any atom is 0.328 e. The third-order valence-electron chi connectivity index (χ3n) is 3.96. The Balaban J connectivity index is 2.54. The Kier molecular flexibility index (Phi) is 9.67. The molecule has 0 spiro atoms. The van der Waals surface area contributed by atoms with Crippen LogP contribution in [-0.4, -0.2) is 30.0 Å². The SMILES string of the molecule is C=CCCCCCC[C@@H](NC(=O)Cc1cccc([N+](=O)[O-])c1)C(=O)OC. The van der Waals surface area contributed by atoms with E-state index >= 15 is 0 Å². The van der Waals surface area contributed by atoms with E-state index in [-0.39, 0.29) is 18.0 Å². The van der Waals surface area contributed by atoms with E-state index in [9.17, 15) is 19.7 Å². The molecule has 1 rings (SSSR count). The van der Waals surface area contributed by atoms with Crippen LogP contribution >= 0.6 is 0 Å². The Morgan fingerprint density at radius 3 is 2.69 bits per heavy atom. The highest BCUT2D eigenvalue weighted by molar-refractivity contribution is 5.85. The van der Waals surface area contributed by atoms with Gasteiger partial charge in [-0.05, 0) is 24.8 Å². The zero-order chi connectivity index (χ0) is 19.4. The molecule has 7 heteroatoms. The second kappa shape index (κ2) is 11.8. The van der Waals surface area contributed by atoms with Crippen molar-refractivity contribution < 1.29 is 19.2 Å². The number of carbonyl (C=O) groups is 2. The van der Waals surface area contributed by atoms with Crippen LogP contribution in [0.2, 0.25) is 0 Å². The lowest BCUT2D eigenvalue weighted by atomic mass is 10.1. The monoisotopic (exact) mass is 362 g/mol. The topological polar surface area (TPSA) is 98.5 Å². The molecule has 0 aliphatic rings. The van der Waals surface area contributed by atoms with Crippen molar-refractivity contribution in [2.24, 2.45) is 0 Å². The van der Waals surface area contributed by atoms with Gasteiger partial charge in [-0.15, -0.1) is 6.58 Å². The molecule has 7 nitrogen and oxygen atoms in total. The normalized spacial score (nSPS) is 11.4. The Bertz CT molecular complexity index is 630. The van der Waals surface area contributed by atoms with E-state index in [1.54, 1.807) is 6.07 Å². The molecule has 0 aliphatic carbocycles. The molecule has 0 bridgehead atoms. The molecule has 0 saturated heterocycles. The predicted molar refractivity (Wildman–Crippen MR) is 98.6 cm³/mol. The van der Waals surface area contributed by atoms with Crippen LogP contribution < -0.4 is 5.32 Å². The first kappa shape index (κ1) is 21.3. The minimum absolute atomic E-state index is 0.0332. The molecule has 0 aliphatic heterocycles. The van der Waals surface area contributed by atoms with E-state index in [0.717, 1.165) is 32.1 Å². The number of nitro groups is 1. The molecule has 0 fully saturated rings. The first-order chi connectivity index (χ1) is 12.5. The first-order valence-electron chi connectivity index (χ1n) is 8.69.